The summed E-state index contributed by atoms with van der Waals surface area (Å²) in [6, 6.07) is 7.69. The predicted octanol–water partition coefficient (Wildman–Crippen LogP) is 4.12. The van der Waals surface area contributed by atoms with Gasteiger partial charge in [0.1, 0.15) is 11.4 Å². The largest absolute Gasteiger partial charge is 0.495 e. The van der Waals surface area contributed by atoms with Crippen LogP contribution in [0.3, 0.4) is 0 Å². The minimum atomic E-state index is -0.129. The Kier molecular flexibility index (Phi) is 5.54. The molecule has 0 aliphatic carbocycles. The highest BCUT2D eigenvalue weighted by atomic mass is 35.5. The van der Waals surface area contributed by atoms with Crippen LogP contribution in [0.15, 0.2) is 42.7 Å². The van der Waals surface area contributed by atoms with E-state index in [4.69, 9.17) is 27.9 Å². The zero-order valence-corrected chi connectivity index (χ0v) is 16.9. The Labute approximate surface area is 174 Å². The van der Waals surface area contributed by atoms with E-state index in [1.807, 2.05) is 16.8 Å². The molecule has 7 heteroatoms. The molecule has 3 aromatic rings. The molecule has 0 unspecified atom stereocenters. The molecule has 29 heavy (non-hydrogen) atoms. The van der Waals surface area contributed by atoms with Crippen LogP contribution in [0.2, 0.25) is 5.02 Å². The number of hydrogen-bond donors (Lipinski definition) is 1. The number of fused-ring (bicyclic) bond motifs is 1. The first kappa shape index (κ1) is 19.5. The molecule has 2 aromatic heterocycles. The van der Waals surface area contributed by atoms with Gasteiger partial charge in [-0.1, -0.05) is 17.7 Å². The first-order chi connectivity index (χ1) is 14.1. The predicted molar refractivity (Wildman–Crippen MR) is 114 cm³/mol. The van der Waals surface area contributed by atoms with Crippen LogP contribution in [0.5, 0.6) is 5.75 Å². The van der Waals surface area contributed by atoms with Gasteiger partial charge in [-0.3, -0.25) is 4.85 Å². The third-order valence-electron chi connectivity index (χ3n) is 5.22. The second-order valence-electron chi connectivity index (χ2n) is 6.96. The molecule has 0 atom stereocenters. The first-order valence-corrected chi connectivity index (χ1v) is 9.72. The Morgan fingerprint density at radius 1 is 1.34 bits per heavy atom. The fourth-order valence-corrected chi connectivity index (χ4v) is 3.88. The molecule has 0 saturated carbocycles. The van der Waals surface area contributed by atoms with Gasteiger partial charge in [0, 0.05) is 31.0 Å². The number of rotatable bonds is 5. The summed E-state index contributed by atoms with van der Waals surface area (Å²) in [5.74, 6) is 0.530. The third-order valence-corrected chi connectivity index (χ3v) is 5.51. The summed E-state index contributed by atoms with van der Waals surface area (Å²) >= 11 is 6.30. The lowest BCUT2D eigenvalue weighted by Gasteiger charge is -2.21. The minimum absolute atomic E-state index is 0.129. The van der Waals surface area contributed by atoms with Crippen LogP contribution in [0.4, 0.5) is 0 Å². The van der Waals surface area contributed by atoms with E-state index in [0.717, 1.165) is 42.0 Å². The van der Waals surface area contributed by atoms with Crippen molar-refractivity contribution >= 4 is 22.8 Å². The number of nitrogens with zero attached hydrogens (tertiary/aromatic N) is 4. The van der Waals surface area contributed by atoms with Crippen LogP contribution in [0, 0.1) is 6.57 Å². The van der Waals surface area contributed by atoms with Crippen molar-refractivity contribution in [3.05, 3.63) is 70.3 Å². The van der Waals surface area contributed by atoms with E-state index in [2.05, 4.69) is 28.0 Å². The highest BCUT2D eigenvalue weighted by Gasteiger charge is 2.16. The van der Waals surface area contributed by atoms with Crippen LogP contribution in [0.25, 0.3) is 27.3 Å². The Bertz CT molecular complexity index is 1130. The molecule has 0 amide bonds. The van der Waals surface area contributed by atoms with Gasteiger partial charge in [-0.2, -0.15) is 0 Å². The van der Waals surface area contributed by atoms with Gasteiger partial charge in [-0.05, 0) is 47.4 Å². The van der Waals surface area contributed by atoms with E-state index in [-0.39, 0.29) is 6.61 Å². The van der Waals surface area contributed by atoms with Crippen LogP contribution in [-0.2, 0) is 6.61 Å². The van der Waals surface area contributed by atoms with E-state index in [0.29, 0.717) is 23.0 Å². The molecule has 4 rings (SSSR count). The molecule has 1 aliphatic rings. The average molecular weight is 409 g/mol. The molecule has 0 saturated heterocycles. The summed E-state index contributed by atoms with van der Waals surface area (Å²) in [4.78, 5) is 10.4. The highest BCUT2D eigenvalue weighted by molar-refractivity contribution is 6.32. The number of aromatic nitrogens is 2. The van der Waals surface area contributed by atoms with E-state index in [1.165, 1.54) is 5.57 Å². The molecular formula is C22H21ClN4O2. The van der Waals surface area contributed by atoms with Crippen LogP contribution in [-0.4, -0.2) is 46.3 Å². The quantitative estimate of drug-likeness (QED) is 0.645. The summed E-state index contributed by atoms with van der Waals surface area (Å²) in [6.07, 6.45) is 7.04. The lowest BCUT2D eigenvalue weighted by atomic mass is 10.0. The SMILES string of the molecule is [C-]#[N+]CN1CC=C(c2ccn3cc(-c4cc(Cl)c(OC)cc4CO)nc3c2)CC1. The second kappa shape index (κ2) is 8.26. The number of halogens is 1. The minimum Gasteiger partial charge on any atom is -0.495 e. The van der Waals surface area contributed by atoms with E-state index >= 15 is 0 Å². The fraction of sp³-hybridized carbons (Fsp3) is 0.273. The molecule has 1 N–H and O–H groups in total. The lowest BCUT2D eigenvalue weighted by Crippen LogP contribution is -2.27. The number of pyridine rings is 1. The number of ether oxygens (including phenoxy) is 1. The standard InChI is InChI=1S/C22H21ClN4O2/c1-24-14-26-6-3-15(4-7-26)16-5-8-27-12-20(25-22(27)10-16)18-11-19(23)21(29-2)9-17(18)13-28/h3,5,8-12,28H,4,6-7,13-14H2,2H3. The Hall–Kier alpha value is -2.85. The summed E-state index contributed by atoms with van der Waals surface area (Å²) in [5, 5.41) is 10.3. The maximum absolute atomic E-state index is 9.78. The lowest BCUT2D eigenvalue weighted by molar-refractivity contribution is 0.281. The highest BCUT2D eigenvalue weighted by Crippen LogP contribution is 2.34. The van der Waals surface area contributed by atoms with Crippen molar-refractivity contribution in [2.24, 2.45) is 0 Å². The maximum Gasteiger partial charge on any atom is 0.270 e. The third kappa shape index (κ3) is 3.85. The topological polar surface area (TPSA) is 54.4 Å². The molecule has 1 aromatic carbocycles. The molecule has 0 spiro atoms. The van der Waals surface area contributed by atoms with Crippen molar-refractivity contribution in [3.63, 3.8) is 0 Å². The van der Waals surface area contributed by atoms with Crippen molar-refractivity contribution in [3.8, 4) is 17.0 Å². The van der Waals surface area contributed by atoms with Gasteiger partial charge >= 0.3 is 0 Å². The number of hydrogen-bond acceptors (Lipinski definition) is 4. The molecule has 148 valence electrons. The number of imidazole rings is 1. The van der Waals surface area contributed by atoms with Crippen LogP contribution < -0.4 is 4.74 Å². The van der Waals surface area contributed by atoms with Gasteiger partial charge in [-0.15, -0.1) is 0 Å². The first-order valence-electron chi connectivity index (χ1n) is 9.34. The summed E-state index contributed by atoms with van der Waals surface area (Å²) in [6.45, 7) is 9.01. The Morgan fingerprint density at radius 2 is 2.21 bits per heavy atom. The Balaban J connectivity index is 1.68. The van der Waals surface area contributed by atoms with Gasteiger partial charge < -0.3 is 14.2 Å². The van der Waals surface area contributed by atoms with Gasteiger partial charge in [0.15, 0.2) is 0 Å². The Morgan fingerprint density at radius 3 is 2.90 bits per heavy atom. The van der Waals surface area contributed by atoms with Crippen molar-refractivity contribution in [2.75, 3.05) is 26.9 Å². The normalized spacial score (nSPS) is 14.6. The fourth-order valence-electron chi connectivity index (χ4n) is 3.63. The molecule has 3 heterocycles. The average Bonchev–Trinajstić information content (AvgIpc) is 3.17. The number of methoxy groups -OCH3 is 1. The second-order valence-corrected chi connectivity index (χ2v) is 7.37. The smallest absolute Gasteiger partial charge is 0.270 e. The molecule has 0 radical (unpaired) electrons. The summed E-state index contributed by atoms with van der Waals surface area (Å²) < 4.78 is 7.21. The zero-order valence-electron chi connectivity index (χ0n) is 16.1. The number of benzene rings is 1. The molecule has 1 aliphatic heterocycles. The zero-order chi connectivity index (χ0) is 20.4. The van der Waals surface area contributed by atoms with Crippen LogP contribution in [0.1, 0.15) is 17.5 Å². The van der Waals surface area contributed by atoms with Crippen molar-refractivity contribution in [1.82, 2.24) is 14.3 Å². The van der Waals surface area contributed by atoms with Crippen molar-refractivity contribution < 1.29 is 9.84 Å². The molecular weight excluding hydrogens is 388 g/mol. The number of aliphatic hydroxyl groups excluding tert-OH is 1. The number of aliphatic hydroxyl groups is 1. The van der Waals surface area contributed by atoms with Gasteiger partial charge in [0.25, 0.3) is 6.67 Å². The molecule has 0 bridgehead atoms. The van der Waals surface area contributed by atoms with Gasteiger partial charge in [0.05, 0.1) is 24.4 Å². The molecule has 6 nitrogen and oxygen atoms in total. The van der Waals surface area contributed by atoms with Crippen molar-refractivity contribution in [1.29, 1.82) is 0 Å². The molecule has 0 fully saturated rings. The van der Waals surface area contributed by atoms with Crippen LogP contribution >= 0.6 is 11.6 Å². The van der Waals surface area contributed by atoms with E-state index < -0.39 is 0 Å². The van der Waals surface area contributed by atoms with Gasteiger partial charge in [0.2, 0.25) is 0 Å². The van der Waals surface area contributed by atoms with Gasteiger partial charge in [-0.25, -0.2) is 16.5 Å². The summed E-state index contributed by atoms with van der Waals surface area (Å²) in [7, 11) is 1.55. The maximum atomic E-state index is 9.78. The van der Waals surface area contributed by atoms with Crippen molar-refractivity contribution in [2.45, 2.75) is 13.0 Å². The van der Waals surface area contributed by atoms with E-state index in [9.17, 15) is 5.11 Å². The monoisotopic (exact) mass is 408 g/mol. The van der Waals surface area contributed by atoms with E-state index in [1.54, 1.807) is 19.2 Å². The summed E-state index contributed by atoms with van der Waals surface area (Å²) in [5.41, 5.74) is 5.50.